The standard InChI is InChI=1S/C29H21N3/c1-20-30-26(21-10-4-2-5-11-21)19-27(31-20)22-16-17-29-25(18-22)24-14-8-9-15-28(24)32(29)23-12-6-3-7-13-23/h2-19H,1H3. The Morgan fingerprint density at radius 2 is 1.16 bits per heavy atom. The van der Waals surface area contributed by atoms with Crippen LogP contribution in [-0.4, -0.2) is 14.5 Å². The fraction of sp³-hybridized carbons (Fsp3) is 0.0345. The van der Waals surface area contributed by atoms with E-state index in [9.17, 15) is 0 Å². The lowest BCUT2D eigenvalue weighted by Gasteiger charge is -2.09. The summed E-state index contributed by atoms with van der Waals surface area (Å²) in [4.78, 5) is 9.43. The Hall–Kier alpha value is -4.24. The zero-order valence-electron chi connectivity index (χ0n) is 17.7. The molecule has 0 bridgehead atoms. The summed E-state index contributed by atoms with van der Waals surface area (Å²) in [5, 5.41) is 2.46. The molecule has 0 amide bonds. The van der Waals surface area contributed by atoms with E-state index in [0.717, 1.165) is 34.0 Å². The predicted molar refractivity (Wildman–Crippen MR) is 132 cm³/mol. The molecule has 4 aromatic carbocycles. The first-order chi connectivity index (χ1) is 15.8. The van der Waals surface area contributed by atoms with Crippen LogP contribution in [0.2, 0.25) is 0 Å². The lowest BCUT2D eigenvalue weighted by Crippen LogP contribution is -1.95. The molecule has 6 aromatic rings. The Kier molecular flexibility index (Phi) is 4.32. The molecule has 0 spiro atoms. The Morgan fingerprint density at radius 3 is 1.94 bits per heavy atom. The summed E-state index contributed by atoms with van der Waals surface area (Å²) in [5.74, 6) is 0.771. The van der Waals surface area contributed by atoms with Crippen LogP contribution in [0.25, 0.3) is 50.0 Å². The van der Waals surface area contributed by atoms with Crippen molar-refractivity contribution in [2.45, 2.75) is 6.92 Å². The van der Waals surface area contributed by atoms with Gasteiger partial charge in [-0.3, -0.25) is 0 Å². The normalized spacial score (nSPS) is 11.3. The topological polar surface area (TPSA) is 30.7 Å². The zero-order valence-corrected chi connectivity index (χ0v) is 17.7. The molecule has 0 fully saturated rings. The molecule has 0 saturated carbocycles. The summed E-state index contributed by atoms with van der Waals surface area (Å²) in [7, 11) is 0. The number of hydrogen-bond acceptors (Lipinski definition) is 2. The van der Waals surface area contributed by atoms with Crippen molar-refractivity contribution in [3.8, 4) is 28.2 Å². The second-order valence-electron chi connectivity index (χ2n) is 7.97. The molecule has 0 atom stereocenters. The third-order valence-corrected chi connectivity index (χ3v) is 5.89. The minimum Gasteiger partial charge on any atom is -0.309 e. The number of benzene rings is 4. The molecule has 3 heteroatoms. The fourth-order valence-corrected chi connectivity index (χ4v) is 4.46. The van der Waals surface area contributed by atoms with Gasteiger partial charge in [-0.05, 0) is 43.3 Å². The van der Waals surface area contributed by atoms with E-state index in [1.165, 1.54) is 21.8 Å². The van der Waals surface area contributed by atoms with Crippen molar-refractivity contribution in [3.05, 3.63) is 115 Å². The van der Waals surface area contributed by atoms with Crippen molar-refractivity contribution in [2.24, 2.45) is 0 Å². The second kappa shape index (κ2) is 7.47. The quantitative estimate of drug-likeness (QED) is 0.308. The molecule has 0 saturated heterocycles. The van der Waals surface area contributed by atoms with E-state index < -0.39 is 0 Å². The van der Waals surface area contributed by atoms with Crippen LogP contribution in [0.1, 0.15) is 5.82 Å². The minimum absolute atomic E-state index is 0.771. The molecule has 32 heavy (non-hydrogen) atoms. The van der Waals surface area contributed by atoms with Crippen LogP contribution in [0.4, 0.5) is 0 Å². The number of para-hydroxylation sites is 2. The van der Waals surface area contributed by atoms with E-state index in [1.54, 1.807) is 0 Å². The van der Waals surface area contributed by atoms with Crippen LogP contribution in [0.15, 0.2) is 109 Å². The maximum Gasteiger partial charge on any atom is 0.126 e. The number of nitrogens with zero attached hydrogens (tertiary/aromatic N) is 3. The first-order valence-electron chi connectivity index (χ1n) is 10.8. The van der Waals surface area contributed by atoms with Gasteiger partial charge >= 0.3 is 0 Å². The van der Waals surface area contributed by atoms with Crippen LogP contribution in [0.5, 0.6) is 0 Å². The van der Waals surface area contributed by atoms with E-state index in [4.69, 9.17) is 4.98 Å². The number of aromatic nitrogens is 3. The van der Waals surface area contributed by atoms with Gasteiger partial charge < -0.3 is 4.57 Å². The van der Waals surface area contributed by atoms with Crippen LogP contribution >= 0.6 is 0 Å². The molecule has 6 rings (SSSR count). The van der Waals surface area contributed by atoms with Crippen LogP contribution < -0.4 is 0 Å². The molecule has 2 aromatic heterocycles. The highest BCUT2D eigenvalue weighted by Gasteiger charge is 2.14. The van der Waals surface area contributed by atoms with Gasteiger partial charge in [0.05, 0.1) is 22.4 Å². The van der Waals surface area contributed by atoms with Gasteiger partial charge in [-0.2, -0.15) is 0 Å². The number of hydrogen-bond donors (Lipinski definition) is 0. The summed E-state index contributed by atoms with van der Waals surface area (Å²) in [5.41, 5.74) is 7.63. The van der Waals surface area contributed by atoms with Gasteiger partial charge in [0.15, 0.2) is 0 Å². The fourth-order valence-electron chi connectivity index (χ4n) is 4.46. The highest BCUT2D eigenvalue weighted by Crippen LogP contribution is 2.35. The Balaban J connectivity index is 1.58. The Bertz CT molecular complexity index is 1560. The Morgan fingerprint density at radius 1 is 0.531 bits per heavy atom. The van der Waals surface area contributed by atoms with Crippen molar-refractivity contribution in [1.29, 1.82) is 0 Å². The first kappa shape index (κ1) is 18.5. The highest BCUT2D eigenvalue weighted by molar-refractivity contribution is 6.10. The van der Waals surface area contributed by atoms with Crippen LogP contribution in [0, 0.1) is 6.92 Å². The number of rotatable bonds is 3. The molecular weight excluding hydrogens is 390 g/mol. The average molecular weight is 412 g/mol. The first-order valence-corrected chi connectivity index (χ1v) is 10.8. The van der Waals surface area contributed by atoms with Crippen molar-refractivity contribution in [1.82, 2.24) is 14.5 Å². The van der Waals surface area contributed by atoms with Gasteiger partial charge in [-0.15, -0.1) is 0 Å². The minimum atomic E-state index is 0.771. The molecule has 0 radical (unpaired) electrons. The highest BCUT2D eigenvalue weighted by atomic mass is 15.0. The average Bonchev–Trinajstić information content (AvgIpc) is 3.18. The maximum atomic E-state index is 4.76. The van der Waals surface area contributed by atoms with E-state index in [-0.39, 0.29) is 0 Å². The van der Waals surface area contributed by atoms with Crippen molar-refractivity contribution < 1.29 is 0 Å². The van der Waals surface area contributed by atoms with Crippen molar-refractivity contribution in [2.75, 3.05) is 0 Å². The van der Waals surface area contributed by atoms with E-state index >= 15 is 0 Å². The molecule has 0 N–H and O–H groups in total. The molecule has 3 nitrogen and oxygen atoms in total. The molecule has 0 aliphatic heterocycles. The van der Waals surface area contributed by atoms with Gasteiger partial charge in [0, 0.05) is 27.6 Å². The van der Waals surface area contributed by atoms with Gasteiger partial charge in [-0.1, -0.05) is 72.8 Å². The SMILES string of the molecule is Cc1nc(-c2ccccc2)cc(-c2ccc3c(c2)c2ccccc2n3-c2ccccc2)n1. The summed E-state index contributed by atoms with van der Waals surface area (Å²) in [6.45, 7) is 1.95. The summed E-state index contributed by atoms with van der Waals surface area (Å²) >= 11 is 0. The van der Waals surface area contributed by atoms with E-state index in [2.05, 4.69) is 101 Å². The summed E-state index contributed by atoms with van der Waals surface area (Å²) in [6.07, 6.45) is 0. The third kappa shape index (κ3) is 3.07. The van der Waals surface area contributed by atoms with Gasteiger partial charge in [0.2, 0.25) is 0 Å². The van der Waals surface area contributed by atoms with Crippen LogP contribution in [0.3, 0.4) is 0 Å². The maximum absolute atomic E-state index is 4.76. The third-order valence-electron chi connectivity index (χ3n) is 5.89. The largest absolute Gasteiger partial charge is 0.309 e. The summed E-state index contributed by atoms with van der Waals surface area (Å²) in [6, 6.07) is 38.1. The summed E-state index contributed by atoms with van der Waals surface area (Å²) < 4.78 is 2.33. The predicted octanol–water partition coefficient (Wildman–Crippen LogP) is 7.22. The number of aryl methyl sites for hydroxylation is 1. The molecule has 0 aliphatic carbocycles. The van der Waals surface area contributed by atoms with Gasteiger partial charge in [-0.25, -0.2) is 9.97 Å². The molecule has 152 valence electrons. The monoisotopic (exact) mass is 411 g/mol. The van der Waals surface area contributed by atoms with E-state index in [0.29, 0.717) is 0 Å². The lowest BCUT2D eigenvalue weighted by atomic mass is 10.0. The van der Waals surface area contributed by atoms with Crippen LogP contribution in [-0.2, 0) is 0 Å². The Labute approximate surface area is 186 Å². The van der Waals surface area contributed by atoms with Gasteiger partial charge in [0.25, 0.3) is 0 Å². The lowest BCUT2D eigenvalue weighted by molar-refractivity contribution is 1.06. The molecule has 2 heterocycles. The second-order valence-corrected chi connectivity index (χ2v) is 7.97. The van der Waals surface area contributed by atoms with E-state index in [1.807, 2.05) is 25.1 Å². The van der Waals surface area contributed by atoms with Crippen molar-refractivity contribution >= 4 is 21.8 Å². The molecule has 0 unspecified atom stereocenters. The van der Waals surface area contributed by atoms with Gasteiger partial charge in [0.1, 0.15) is 5.82 Å². The molecular formula is C29H21N3. The molecule has 0 aliphatic rings. The number of fused-ring (bicyclic) bond motifs is 3. The zero-order chi connectivity index (χ0) is 21.5. The van der Waals surface area contributed by atoms with Crippen molar-refractivity contribution in [3.63, 3.8) is 0 Å². The smallest absolute Gasteiger partial charge is 0.126 e.